The molecule has 7 heteroatoms. The van der Waals surface area contributed by atoms with E-state index < -0.39 is 0 Å². The van der Waals surface area contributed by atoms with Crippen molar-refractivity contribution >= 4 is 22.4 Å². The van der Waals surface area contributed by atoms with Crippen LogP contribution in [0.1, 0.15) is 26.4 Å². The molecule has 1 amide bonds. The van der Waals surface area contributed by atoms with E-state index in [-0.39, 0.29) is 11.7 Å². The third kappa shape index (κ3) is 4.43. The maximum absolute atomic E-state index is 13.7. The molecule has 5 nitrogen and oxygen atoms in total. The maximum Gasteiger partial charge on any atom is 0.257 e. The molecule has 0 aliphatic heterocycles. The first kappa shape index (κ1) is 18.8. The minimum absolute atomic E-state index is 0.223. The van der Waals surface area contributed by atoms with Gasteiger partial charge in [-0.05, 0) is 42.3 Å². The van der Waals surface area contributed by atoms with Crippen LogP contribution in [0, 0.1) is 12.7 Å². The molecule has 2 aromatic carbocycles. The van der Waals surface area contributed by atoms with Gasteiger partial charge in [-0.2, -0.15) is 0 Å². The van der Waals surface area contributed by atoms with Gasteiger partial charge in [-0.3, -0.25) is 10.1 Å². The number of thiazole rings is 1. The van der Waals surface area contributed by atoms with Crippen molar-refractivity contribution in [3.05, 3.63) is 70.0 Å². The van der Waals surface area contributed by atoms with Crippen LogP contribution in [0.4, 0.5) is 9.52 Å². The number of anilines is 1. The summed E-state index contributed by atoms with van der Waals surface area (Å²) in [5, 5.41) is 3.26. The van der Waals surface area contributed by atoms with Crippen LogP contribution in [0.5, 0.6) is 11.5 Å². The van der Waals surface area contributed by atoms with Crippen molar-refractivity contribution in [1.82, 2.24) is 4.98 Å². The smallest absolute Gasteiger partial charge is 0.257 e. The SMILES string of the molecule is COc1ccc(C(=O)Nc2ncc(Cc3ccc(C)c(F)c3)s2)cc1OC. The summed E-state index contributed by atoms with van der Waals surface area (Å²) in [5.41, 5.74) is 1.91. The number of ether oxygens (including phenoxy) is 2. The van der Waals surface area contributed by atoms with E-state index in [2.05, 4.69) is 10.3 Å². The van der Waals surface area contributed by atoms with Crippen LogP contribution in [-0.4, -0.2) is 25.1 Å². The maximum atomic E-state index is 13.7. The van der Waals surface area contributed by atoms with Crippen molar-refractivity contribution in [2.75, 3.05) is 19.5 Å². The van der Waals surface area contributed by atoms with E-state index in [1.807, 2.05) is 6.07 Å². The van der Waals surface area contributed by atoms with E-state index in [9.17, 15) is 9.18 Å². The molecule has 0 radical (unpaired) electrons. The third-order valence-corrected chi connectivity index (χ3v) is 4.95. The van der Waals surface area contributed by atoms with Gasteiger partial charge in [-0.1, -0.05) is 12.1 Å². The summed E-state index contributed by atoms with van der Waals surface area (Å²) in [6.45, 7) is 1.73. The molecule has 27 heavy (non-hydrogen) atoms. The number of hydrogen-bond donors (Lipinski definition) is 1. The summed E-state index contributed by atoms with van der Waals surface area (Å²) in [4.78, 5) is 17.6. The van der Waals surface area contributed by atoms with Crippen molar-refractivity contribution in [3.8, 4) is 11.5 Å². The monoisotopic (exact) mass is 386 g/mol. The lowest BCUT2D eigenvalue weighted by Gasteiger charge is -2.09. The second-order valence-electron chi connectivity index (χ2n) is 5.92. The van der Waals surface area contributed by atoms with Crippen molar-refractivity contribution in [1.29, 1.82) is 0 Å². The van der Waals surface area contributed by atoms with Gasteiger partial charge in [0.1, 0.15) is 5.82 Å². The summed E-state index contributed by atoms with van der Waals surface area (Å²) in [6, 6.07) is 10.1. The zero-order valence-electron chi connectivity index (χ0n) is 15.2. The molecule has 0 aliphatic rings. The highest BCUT2D eigenvalue weighted by Crippen LogP contribution is 2.28. The van der Waals surface area contributed by atoms with E-state index in [0.717, 1.165) is 10.4 Å². The van der Waals surface area contributed by atoms with E-state index in [4.69, 9.17) is 9.47 Å². The van der Waals surface area contributed by atoms with Gasteiger partial charge in [0, 0.05) is 23.1 Å². The van der Waals surface area contributed by atoms with Crippen LogP contribution in [0.2, 0.25) is 0 Å². The molecular formula is C20H19FN2O3S. The predicted molar refractivity (Wildman–Crippen MR) is 104 cm³/mol. The predicted octanol–water partition coefficient (Wildman–Crippen LogP) is 4.45. The number of hydrogen-bond acceptors (Lipinski definition) is 5. The first-order valence-electron chi connectivity index (χ1n) is 8.23. The Bertz CT molecular complexity index is 972. The Morgan fingerprint density at radius 1 is 1.15 bits per heavy atom. The van der Waals surface area contributed by atoms with Gasteiger partial charge in [-0.25, -0.2) is 9.37 Å². The van der Waals surface area contributed by atoms with E-state index in [1.54, 1.807) is 37.4 Å². The number of halogens is 1. The van der Waals surface area contributed by atoms with E-state index in [1.165, 1.54) is 31.6 Å². The summed E-state index contributed by atoms with van der Waals surface area (Å²) in [7, 11) is 3.05. The molecule has 1 N–H and O–H groups in total. The Kier molecular flexibility index (Phi) is 5.71. The summed E-state index contributed by atoms with van der Waals surface area (Å²) in [6.07, 6.45) is 2.24. The molecule has 3 aromatic rings. The van der Waals surface area contributed by atoms with Gasteiger partial charge >= 0.3 is 0 Å². The fourth-order valence-electron chi connectivity index (χ4n) is 2.54. The van der Waals surface area contributed by atoms with Crippen molar-refractivity contribution in [3.63, 3.8) is 0 Å². The molecule has 3 rings (SSSR count). The average Bonchev–Trinajstić information content (AvgIpc) is 3.10. The van der Waals surface area contributed by atoms with E-state index in [0.29, 0.717) is 34.2 Å². The molecule has 1 heterocycles. The van der Waals surface area contributed by atoms with Gasteiger partial charge in [0.25, 0.3) is 5.91 Å². The minimum Gasteiger partial charge on any atom is -0.493 e. The number of aryl methyl sites for hydroxylation is 1. The molecule has 0 saturated carbocycles. The zero-order chi connectivity index (χ0) is 19.4. The fourth-order valence-corrected chi connectivity index (χ4v) is 3.38. The van der Waals surface area contributed by atoms with Crippen LogP contribution in [0.25, 0.3) is 0 Å². The number of aromatic nitrogens is 1. The first-order valence-corrected chi connectivity index (χ1v) is 9.05. The van der Waals surface area contributed by atoms with Crippen molar-refractivity contribution in [2.24, 2.45) is 0 Å². The Morgan fingerprint density at radius 3 is 2.63 bits per heavy atom. The Labute approximate surface area is 160 Å². The lowest BCUT2D eigenvalue weighted by molar-refractivity contribution is 0.102. The number of rotatable bonds is 6. The lowest BCUT2D eigenvalue weighted by Crippen LogP contribution is -2.11. The second-order valence-corrected chi connectivity index (χ2v) is 7.03. The molecule has 0 fully saturated rings. The molecule has 1 aromatic heterocycles. The van der Waals surface area contributed by atoms with E-state index >= 15 is 0 Å². The quantitative estimate of drug-likeness (QED) is 0.680. The normalized spacial score (nSPS) is 10.5. The fraction of sp³-hybridized carbons (Fsp3) is 0.200. The van der Waals surface area contributed by atoms with Crippen LogP contribution < -0.4 is 14.8 Å². The summed E-state index contributed by atoms with van der Waals surface area (Å²) < 4.78 is 24.1. The molecule has 140 valence electrons. The Morgan fingerprint density at radius 2 is 1.93 bits per heavy atom. The van der Waals surface area contributed by atoms with Crippen LogP contribution in [-0.2, 0) is 6.42 Å². The van der Waals surface area contributed by atoms with Crippen molar-refractivity contribution < 1.29 is 18.7 Å². The highest BCUT2D eigenvalue weighted by atomic mass is 32.1. The second kappa shape index (κ2) is 8.18. The lowest BCUT2D eigenvalue weighted by atomic mass is 10.1. The third-order valence-electron chi connectivity index (χ3n) is 4.03. The Hall–Kier alpha value is -2.93. The molecule has 0 spiro atoms. The van der Waals surface area contributed by atoms with Crippen LogP contribution >= 0.6 is 11.3 Å². The largest absolute Gasteiger partial charge is 0.493 e. The zero-order valence-corrected chi connectivity index (χ0v) is 16.0. The highest BCUT2D eigenvalue weighted by Gasteiger charge is 2.13. The number of nitrogens with zero attached hydrogens (tertiary/aromatic N) is 1. The van der Waals surface area contributed by atoms with Gasteiger partial charge in [0.05, 0.1) is 14.2 Å². The molecule has 0 aliphatic carbocycles. The summed E-state index contributed by atoms with van der Waals surface area (Å²) >= 11 is 1.36. The standard InChI is InChI=1S/C20H19FN2O3S/c1-12-4-5-13(9-16(12)21)8-15-11-22-20(27-15)23-19(24)14-6-7-17(25-2)18(10-14)26-3/h4-7,9-11H,8H2,1-3H3,(H,22,23,24). The van der Waals surface area contributed by atoms with Gasteiger partial charge < -0.3 is 9.47 Å². The number of nitrogens with one attached hydrogen (secondary N) is 1. The average molecular weight is 386 g/mol. The number of methoxy groups -OCH3 is 2. The van der Waals surface area contributed by atoms with Gasteiger partial charge in [0.2, 0.25) is 0 Å². The minimum atomic E-state index is -0.293. The highest BCUT2D eigenvalue weighted by molar-refractivity contribution is 7.15. The molecule has 0 saturated heterocycles. The number of carbonyl (C=O) groups excluding carboxylic acids is 1. The molecule has 0 bridgehead atoms. The molecular weight excluding hydrogens is 367 g/mol. The molecule has 0 atom stereocenters. The van der Waals surface area contributed by atoms with Crippen LogP contribution in [0.15, 0.2) is 42.6 Å². The molecule has 0 unspecified atom stereocenters. The number of amides is 1. The van der Waals surface area contributed by atoms with Gasteiger partial charge in [0.15, 0.2) is 16.6 Å². The van der Waals surface area contributed by atoms with Crippen LogP contribution in [0.3, 0.4) is 0 Å². The topological polar surface area (TPSA) is 60.5 Å². The number of benzene rings is 2. The first-order chi connectivity index (χ1) is 13.0. The summed E-state index contributed by atoms with van der Waals surface area (Å²) in [5.74, 6) is 0.513. The van der Waals surface area contributed by atoms with Crippen molar-refractivity contribution in [2.45, 2.75) is 13.3 Å². The Balaban J connectivity index is 1.70. The number of carbonyl (C=O) groups is 1. The van der Waals surface area contributed by atoms with Gasteiger partial charge in [-0.15, -0.1) is 11.3 Å².